The minimum Gasteiger partial charge on any atom is -0.454 e. The minimum absolute atomic E-state index is 0.123. The van der Waals surface area contributed by atoms with Crippen molar-refractivity contribution in [2.24, 2.45) is 4.99 Å². The number of nitrogens with one attached hydrogen (secondary N) is 1. The average Bonchev–Trinajstić information content (AvgIpc) is 3.74. The van der Waals surface area contributed by atoms with Crippen molar-refractivity contribution in [2.45, 2.75) is 6.04 Å². The first-order chi connectivity index (χ1) is 23.8. The lowest BCUT2D eigenvalue weighted by atomic mass is 9.97. The SMILES string of the molecule is C1=C(c2ccccc2)NC(c2ccccc2)=NC1c1ccc(-c2ccc3oc4c5ccccc5c5nc6ccccc6n5c4c3c2)cc1. The molecule has 48 heavy (non-hydrogen) atoms. The van der Waals surface area contributed by atoms with E-state index < -0.39 is 0 Å². The van der Waals surface area contributed by atoms with Crippen LogP contribution in [0.5, 0.6) is 0 Å². The third-order valence-electron chi connectivity index (χ3n) is 9.42. The molecule has 1 aliphatic heterocycles. The molecule has 0 aliphatic carbocycles. The molecule has 9 aromatic rings. The molecule has 6 aromatic carbocycles. The number of amidine groups is 1. The number of rotatable bonds is 4. The van der Waals surface area contributed by atoms with Crippen LogP contribution < -0.4 is 5.32 Å². The van der Waals surface area contributed by atoms with E-state index >= 15 is 0 Å². The molecule has 4 heterocycles. The molecule has 0 fully saturated rings. The summed E-state index contributed by atoms with van der Waals surface area (Å²) in [6.45, 7) is 0. The number of fused-ring (bicyclic) bond motifs is 10. The van der Waals surface area contributed by atoms with Crippen LogP contribution in [0.15, 0.2) is 167 Å². The van der Waals surface area contributed by atoms with Crippen molar-refractivity contribution in [3.8, 4) is 11.1 Å². The summed E-state index contributed by atoms with van der Waals surface area (Å²) in [7, 11) is 0. The van der Waals surface area contributed by atoms with Gasteiger partial charge in [0.2, 0.25) is 0 Å². The zero-order valence-corrected chi connectivity index (χ0v) is 25.8. The van der Waals surface area contributed by atoms with Crippen molar-refractivity contribution in [1.82, 2.24) is 14.7 Å². The van der Waals surface area contributed by atoms with E-state index in [1.165, 1.54) is 0 Å². The highest BCUT2D eigenvalue weighted by Gasteiger charge is 2.21. The highest BCUT2D eigenvalue weighted by molar-refractivity contribution is 6.19. The summed E-state index contributed by atoms with van der Waals surface area (Å²) in [6.07, 6.45) is 2.21. The number of para-hydroxylation sites is 2. The van der Waals surface area contributed by atoms with Crippen molar-refractivity contribution >= 4 is 61.1 Å². The first kappa shape index (κ1) is 26.7. The number of hydrogen-bond acceptors (Lipinski definition) is 4. The molecule has 10 rings (SSSR count). The second-order valence-electron chi connectivity index (χ2n) is 12.3. The van der Waals surface area contributed by atoms with Crippen LogP contribution in [-0.4, -0.2) is 15.2 Å². The fourth-order valence-electron chi connectivity index (χ4n) is 7.09. The number of aliphatic imine (C=N–C) groups is 1. The third-order valence-corrected chi connectivity index (χ3v) is 9.42. The Kier molecular flexibility index (Phi) is 5.87. The summed E-state index contributed by atoms with van der Waals surface area (Å²) in [5.41, 5.74) is 12.4. The average molecular weight is 617 g/mol. The smallest absolute Gasteiger partial charge is 0.160 e. The van der Waals surface area contributed by atoms with Crippen LogP contribution >= 0.6 is 0 Å². The molecule has 0 saturated heterocycles. The molecule has 226 valence electrons. The summed E-state index contributed by atoms with van der Waals surface area (Å²) in [4.78, 5) is 10.2. The van der Waals surface area contributed by atoms with Crippen molar-refractivity contribution in [2.75, 3.05) is 0 Å². The van der Waals surface area contributed by atoms with E-state index in [0.717, 1.165) is 88.9 Å². The minimum atomic E-state index is -0.123. The van der Waals surface area contributed by atoms with Crippen molar-refractivity contribution in [1.29, 1.82) is 0 Å². The Morgan fingerprint density at radius 3 is 2.08 bits per heavy atom. The van der Waals surface area contributed by atoms with Gasteiger partial charge < -0.3 is 9.73 Å². The van der Waals surface area contributed by atoms with Gasteiger partial charge in [-0.05, 0) is 52.6 Å². The van der Waals surface area contributed by atoms with Crippen LogP contribution in [0, 0.1) is 0 Å². The van der Waals surface area contributed by atoms with Gasteiger partial charge in [-0.3, -0.25) is 9.39 Å². The molecule has 3 aromatic heterocycles. The number of hydrogen-bond donors (Lipinski definition) is 1. The zero-order chi connectivity index (χ0) is 31.6. The molecular formula is C43H28N4O. The fraction of sp³-hybridized carbons (Fsp3) is 0.0233. The highest BCUT2D eigenvalue weighted by Crippen LogP contribution is 2.39. The summed E-state index contributed by atoms with van der Waals surface area (Å²) >= 11 is 0. The van der Waals surface area contributed by atoms with Gasteiger partial charge in [0.05, 0.1) is 17.1 Å². The Hall–Kier alpha value is -6.46. The molecule has 0 amide bonds. The van der Waals surface area contributed by atoms with E-state index in [0.29, 0.717) is 0 Å². The Labute approximate surface area is 276 Å². The Morgan fingerprint density at radius 1 is 0.583 bits per heavy atom. The number of furan rings is 1. The standard InChI is InChI=1S/C43H28N4O/c1-3-11-28(12-4-1)36-26-37(45-42(44-36)30-13-5-2-6-14-30)29-21-19-27(20-22-29)31-23-24-39-34(25-31)40-41(48-39)32-15-7-8-16-33(32)43-46-35-17-9-10-18-38(35)47(40)43/h1-26,37H,(H,44,45). The van der Waals surface area contributed by atoms with Crippen molar-refractivity contribution < 1.29 is 4.42 Å². The predicted molar refractivity (Wildman–Crippen MR) is 196 cm³/mol. The van der Waals surface area contributed by atoms with E-state index in [9.17, 15) is 0 Å². The van der Waals surface area contributed by atoms with Gasteiger partial charge >= 0.3 is 0 Å². The van der Waals surface area contributed by atoms with Crippen LogP contribution in [0.3, 0.4) is 0 Å². The second-order valence-corrected chi connectivity index (χ2v) is 12.3. The Morgan fingerprint density at radius 2 is 1.27 bits per heavy atom. The molecular weight excluding hydrogens is 589 g/mol. The number of benzene rings is 6. The molecule has 0 spiro atoms. The van der Waals surface area contributed by atoms with Crippen LogP contribution in [-0.2, 0) is 0 Å². The van der Waals surface area contributed by atoms with E-state index in [1.807, 2.05) is 30.3 Å². The number of nitrogens with zero attached hydrogens (tertiary/aromatic N) is 3. The summed E-state index contributed by atoms with van der Waals surface area (Å²) < 4.78 is 8.86. The zero-order valence-electron chi connectivity index (χ0n) is 25.8. The van der Waals surface area contributed by atoms with Gasteiger partial charge in [-0.1, -0.05) is 127 Å². The fourth-order valence-corrected chi connectivity index (χ4v) is 7.09. The van der Waals surface area contributed by atoms with E-state index in [2.05, 4.69) is 137 Å². The lowest BCUT2D eigenvalue weighted by Gasteiger charge is -2.23. The van der Waals surface area contributed by atoms with Gasteiger partial charge in [0.25, 0.3) is 0 Å². The third kappa shape index (κ3) is 4.18. The number of imidazole rings is 1. The van der Waals surface area contributed by atoms with Gasteiger partial charge in [-0.15, -0.1) is 0 Å². The van der Waals surface area contributed by atoms with Crippen LogP contribution in [0.25, 0.3) is 66.3 Å². The van der Waals surface area contributed by atoms with Crippen molar-refractivity contribution in [3.05, 3.63) is 174 Å². The summed E-state index contributed by atoms with van der Waals surface area (Å²) in [5, 5.41) is 6.79. The molecule has 1 aliphatic rings. The number of aromatic nitrogens is 2. The normalized spacial score (nSPS) is 14.9. The Bertz CT molecular complexity index is 2680. The van der Waals surface area contributed by atoms with Crippen molar-refractivity contribution in [3.63, 3.8) is 0 Å². The summed E-state index contributed by atoms with van der Waals surface area (Å²) in [6, 6.07) is 52.6. The topological polar surface area (TPSA) is 54.8 Å². The van der Waals surface area contributed by atoms with Gasteiger partial charge in [0.1, 0.15) is 22.6 Å². The van der Waals surface area contributed by atoms with Crippen LogP contribution in [0.4, 0.5) is 0 Å². The molecule has 0 radical (unpaired) electrons. The molecule has 5 nitrogen and oxygen atoms in total. The lowest BCUT2D eigenvalue weighted by molar-refractivity contribution is 0.672. The molecule has 1 N–H and O–H groups in total. The summed E-state index contributed by atoms with van der Waals surface area (Å²) in [5.74, 6) is 0.870. The molecule has 0 bridgehead atoms. The lowest BCUT2D eigenvalue weighted by Crippen LogP contribution is -2.27. The monoisotopic (exact) mass is 616 g/mol. The highest BCUT2D eigenvalue weighted by atomic mass is 16.3. The van der Waals surface area contributed by atoms with Gasteiger partial charge in [0.15, 0.2) is 5.58 Å². The number of pyridine rings is 1. The molecule has 0 saturated carbocycles. The largest absolute Gasteiger partial charge is 0.454 e. The molecule has 5 heteroatoms. The first-order valence-corrected chi connectivity index (χ1v) is 16.2. The van der Waals surface area contributed by atoms with Crippen LogP contribution in [0.1, 0.15) is 22.7 Å². The molecule has 1 unspecified atom stereocenters. The maximum absolute atomic E-state index is 6.60. The Balaban J connectivity index is 1.10. The van der Waals surface area contributed by atoms with E-state index in [1.54, 1.807) is 0 Å². The van der Waals surface area contributed by atoms with E-state index in [4.69, 9.17) is 14.4 Å². The second kappa shape index (κ2) is 10.5. The first-order valence-electron chi connectivity index (χ1n) is 16.2. The van der Waals surface area contributed by atoms with Gasteiger partial charge in [0, 0.05) is 27.4 Å². The van der Waals surface area contributed by atoms with Gasteiger partial charge in [-0.25, -0.2) is 4.98 Å². The van der Waals surface area contributed by atoms with Gasteiger partial charge in [-0.2, -0.15) is 0 Å². The van der Waals surface area contributed by atoms with Crippen LogP contribution in [0.2, 0.25) is 0 Å². The quantitative estimate of drug-likeness (QED) is 0.214. The predicted octanol–water partition coefficient (Wildman–Crippen LogP) is 10.3. The van der Waals surface area contributed by atoms with E-state index in [-0.39, 0.29) is 6.04 Å². The maximum atomic E-state index is 6.60. The maximum Gasteiger partial charge on any atom is 0.160 e. The molecule has 1 atom stereocenters.